The van der Waals surface area contributed by atoms with Gasteiger partial charge in [0.2, 0.25) is 0 Å². The second-order valence-corrected chi connectivity index (χ2v) is 7.85. The summed E-state index contributed by atoms with van der Waals surface area (Å²) in [6.45, 7) is 3.90. The highest BCUT2D eigenvalue weighted by Crippen LogP contribution is 2.32. The zero-order valence-corrected chi connectivity index (χ0v) is 18.9. The minimum Gasteiger partial charge on any atom is -0.463 e. The fourth-order valence-corrected chi connectivity index (χ4v) is 3.74. The third-order valence-corrected chi connectivity index (χ3v) is 5.45. The fraction of sp³-hybridized carbons (Fsp3) is 0.148. The molecule has 0 radical (unpaired) electrons. The molecule has 34 heavy (non-hydrogen) atoms. The smallest absolute Gasteiger partial charge is 0.338 e. The maximum atomic E-state index is 12.9. The van der Waals surface area contributed by atoms with E-state index in [-0.39, 0.29) is 12.5 Å². The molecule has 7 nitrogen and oxygen atoms in total. The highest BCUT2D eigenvalue weighted by Gasteiger charge is 2.34. The van der Waals surface area contributed by atoms with Crippen LogP contribution in [0.4, 0.5) is 10.5 Å². The number of anilines is 1. The van der Waals surface area contributed by atoms with E-state index in [1.165, 1.54) is 0 Å². The average Bonchev–Trinajstić information content (AvgIpc) is 2.85. The molecule has 1 unspecified atom stereocenters. The number of hydrogen-bond acceptors (Lipinski definition) is 4. The van der Waals surface area contributed by atoms with Crippen LogP contribution in [0.2, 0.25) is 0 Å². The van der Waals surface area contributed by atoms with Crippen molar-refractivity contribution in [3.05, 3.63) is 107 Å². The van der Waals surface area contributed by atoms with E-state index < -0.39 is 18.0 Å². The number of urea groups is 1. The monoisotopic (exact) mass is 455 g/mol. The molecule has 1 heterocycles. The van der Waals surface area contributed by atoms with Gasteiger partial charge in [-0.15, -0.1) is 0 Å². The Labute approximate surface area is 197 Å². The van der Waals surface area contributed by atoms with Crippen molar-refractivity contribution in [1.29, 1.82) is 0 Å². The van der Waals surface area contributed by atoms with Gasteiger partial charge in [0.25, 0.3) is 5.91 Å². The summed E-state index contributed by atoms with van der Waals surface area (Å²) in [5.41, 5.74) is 4.32. The van der Waals surface area contributed by atoms with Gasteiger partial charge in [-0.3, -0.25) is 4.79 Å². The van der Waals surface area contributed by atoms with Gasteiger partial charge in [0.15, 0.2) is 0 Å². The molecule has 0 bridgehead atoms. The molecule has 0 aliphatic carbocycles. The van der Waals surface area contributed by atoms with E-state index in [0.717, 1.165) is 5.56 Å². The zero-order chi connectivity index (χ0) is 24.1. The molecule has 0 saturated heterocycles. The fourth-order valence-electron chi connectivity index (χ4n) is 3.74. The number of benzene rings is 3. The van der Waals surface area contributed by atoms with Crippen molar-refractivity contribution >= 4 is 29.3 Å². The third-order valence-electron chi connectivity index (χ3n) is 5.45. The largest absolute Gasteiger partial charge is 0.463 e. The van der Waals surface area contributed by atoms with E-state index >= 15 is 0 Å². The van der Waals surface area contributed by atoms with Gasteiger partial charge in [0, 0.05) is 11.3 Å². The molecule has 0 saturated carbocycles. The van der Waals surface area contributed by atoms with E-state index in [0.29, 0.717) is 33.6 Å². The molecule has 4 rings (SSSR count). The van der Waals surface area contributed by atoms with Crippen molar-refractivity contribution in [2.24, 2.45) is 0 Å². The summed E-state index contributed by atoms with van der Waals surface area (Å²) >= 11 is 0. The lowest BCUT2D eigenvalue weighted by Gasteiger charge is -2.29. The van der Waals surface area contributed by atoms with Crippen LogP contribution >= 0.6 is 0 Å². The first-order chi connectivity index (χ1) is 16.5. The minimum absolute atomic E-state index is 0.203. The van der Waals surface area contributed by atoms with Crippen molar-refractivity contribution in [3.8, 4) is 0 Å². The van der Waals surface area contributed by atoms with Gasteiger partial charge >= 0.3 is 12.0 Å². The lowest BCUT2D eigenvalue weighted by atomic mass is 9.92. The van der Waals surface area contributed by atoms with E-state index in [2.05, 4.69) is 16.0 Å². The Bertz CT molecular complexity index is 1230. The van der Waals surface area contributed by atoms with E-state index in [1.54, 1.807) is 43.3 Å². The first-order valence-corrected chi connectivity index (χ1v) is 11.0. The maximum absolute atomic E-state index is 12.9. The summed E-state index contributed by atoms with van der Waals surface area (Å²) in [6, 6.07) is 22.3. The van der Waals surface area contributed by atoms with Crippen molar-refractivity contribution in [2.75, 3.05) is 11.9 Å². The molecule has 0 spiro atoms. The van der Waals surface area contributed by atoms with Crippen molar-refractivity contribution in [1.82, 2.24) is 10.6 Å². The van der Waals surface area contributed by atoms with Crippen LogP contribution in [-0.2, 0) is 9.53 Å². The van der Waals surface area contributed by atoms with Gasteiger partial charge in [-0.05, 0) is 49.2 Å². The lowest BCUT2D eigenvalue weighted by molar-refractivity contribution is -0.138. The predicted molar refractivity (Wildman–Crippen MR) is 130 cm³/mol. The van der Waals surface area contributed by atoms with Crippen LogP contribution in [0.15, 0.2) is 84.4 Å². The number of rotatable bonds is 6. The topological polar surface area (TPSA) is 96.5 Å². The lowest BCUT2D eigenvalue weighted by Crippen LogP contribution is -2.45. The molecule has 3 N–H and O–H groups in total. The normalized spacial score (nSPS) is 15.2. The van der Waals surface area contributed by atoms with Crippen LogP contribution in [-0.4, -0.2) is 24.5 Å². The molecule has 1 aliphatic heterocycles. The summed E-state index contributed by atoms with van der Waals surface area (Å²) in [5, 5.41) is 8.43. The number of carbonyl (C=O) groups excluding carboxylic acids is 3. The van der Waals surface area contributed by atoms with Crippen LogP contribution in [0.25, 0.3) is 5.70 Å². The van der Waals surface area contributed by atoms with Gasteiger partial charge in [0.1, 0.15) is 0 Å². The van der Waals surface area contributed by atoms with Gasteiger partial charge < -0.3 is 20.7 Å². The molecule has 1 aliphatic rings. The number of ether oxygens (including phenoxy) is 1. The number of carbonyl (C=O) groups is 3. The SMILES string of the molecule is CCOC(=O)C1=C(c2ccccc2)NC(=O)NC1c1ccc(NC(=O)c2ccc(C)cc2)cc1. The van der Waals surface area contributed by atoms with Crippen LogP contribution in [0.5, 0.6) is 0 Å². The molecule has 0 aromatic heterocycles. The highest BCUT2D eigenvalue weighted by atomic mass is 16.5. The summed E-state index contributed by atoms with van der Waals surface area (Å²) in [4.78, 5) is 37.9. The Balaban J connectivity index is 1.64. The quantitative estimate of drug-likeness (QED) is 0.474. The molecule has 172 valence electrons. The molecule has 3 aromatic carbocycles. The molecule has 1 atom stereocenters. The van der Waals surface area contributed by atoms with Gasteiger partial charge in [0.05, 0.1) is 23.9 Å². The first-order valence-electron chi connectivity index (χ1n) is 11.0. The van der Waals surface area contributed by atoms with Gasteiger partial charge in [-0.1, -0.05) is 60.2 Å². The molecule has 3 aromatic rings. The summed E-state index contributed by atoms with van der Waals surface area (Å²) < 4.78 is 5.31. The number of esters is 1. The summed E-state index contributed by atoms with van der Waals surface area (Å²) in [5.74, 6) is -0.739. The molecule has 0 fully saturated rings. The molecule has 7 heteroatoms. The van der Waals surface area contributed by atoms with Crippen LogP contribution < -0.4 is 16.0 Å². The third kappa shape index (κ3) is 4.99. The Morgan fingerprint density at radius 2 is 1.62 bits per heavy atom. The standard InChI is InChI=1S/C27H25N3O4/c1-3-34-26(32)22-23(18-7-5-4-6-8-18)29-27(33)30-24(22)19-13-15-21(16-14-19)28-25(31)20-11-9-17(2)10-12-20/h4-16,24H,3H2,1-2H3,(H,28,31)(H2,29,30,33). The molecular weight excluding hydrogens is 430 g/mol. The van der Waals surface area contributed by atoms with Crippen LogP contribution in [0.3, 0.4) is 0 Å². The first kappa shape index (κ1) is 22.8. The summed E-state index contributed by atoms with van der Waals surface area (Å²) in [6.07, 6.45) is 0. The maximum Gasteiger partial charge on any atom is 0.338 e. The Morgan fingerprint density at radius 1 is 0.941 bits per heavy atom. The number of nitrogens with one attached hydrogen (secondary N) is 3. The Morgan fingerprint density at radius 3 is 2.26 bits per heavy atom. The van der Waals surface area contributed by atoms with Crippen molar-refractivity contribution < 1.29 is 19.1 Å². The highest BCUT2D eigenvalue weighted by molar-refractivity contribution is 6.05. The second-order valence-electron chi connectivity index (χ2n) is 7.85. The zero-order valence-electron chi connectivity index (χ0n) is 18.9. The Kier molecular flexibility index (Phi) is 6.73. The number of amides is 3. The van der Waals surface area contributed by atoms with Gasteiger partial charge in [-0.2, -0.15) is 0 Å². The van der Waals surface area contributed by atoms with Gasteiger partial charge in [-0.25, -0.2) is 9.59 Å². The second kappa shape index (κ2) is 10.0. The summed E-state index contributed by atoms with van der Waals surface area (Å²) in [7, 11) is 0. The van der Waals surface area contributed by atoms with Crippen LogP contribution in [0, 0.1) is 6.92 Å². The number of hydrogen-bond donors (Lipinski definition) is 3. The van der Waals surface area contributed by atoms with Crippen molar-refractivity contribution in [2.45, 2.75) is 19.9 Å². The van der Waals surface area contributed by atoms with E-state index in [4.69, 9.17) is 4.74 Å². The number of aryl methyl sites for hydroxylation is 1. The average molecular weight is 456 g/mol. The molecular formula is C27H25N3O4. The van der Waals surface area contributed by atoms with E-state index in [9.17, 15) is 14.4 Å². The van der Waals surface area contributed by atoms with Crippen molar-refractivity contribution in [3.63, 3.8) is 0 Å². The predicted octanol–water partition coefficient (Wildman–Crippen LogP) is 4.58. The minimum atomic E-state index is -0.718. The Hall–Kier alpha value is -4.39. The molecule has 3 amide bonds. The van der Waals surface area contributed by atoms with Crippen LogP contribution in [0.1, 0.15) is 40.0 Å². The van der Waals surface area contributed by atoms with E-state index in [1.807, 2.05) is 49.4 Å².